The number of hydrogen-bond acceptors (Lipinski definition) is 4. The maximum Gasteiger partial charge on any atom is 0.143 e. The molecule has 5 rings (SSSR count). The lowest BCUT2D eigenvalue weighted by molar-refractivity contribution is 0.271. The van der Waals surface area contributed by atoms with Crippen molar-refractivity contribution in [1.82, 2.24) is 5.32 Å². The molecule has 0 aromatic heterocycles. The predicted molar refractivity (Wildman–Crippen MR) is 99.6 cm³/mol. The van der Waals surface area contributed by atoms with Gasteiger partial charge in [-0.15, -0.1) is 0 Å². The first-order valence-corrected chi connectivity index (χ1v) is 9.63. The predicted octanol–water partition coefficient (Wildman–Crippen LogP) is 2.92. The summed E-state index contributed by atoms with van der Waals surface area (Å²) in [6.07, 6.45) is 10.9. The summed E-state index contributed by atoms with van der Waals surface area (Å²) in [5, 5.41) is 3.56. The van der Waals surface area contributed by atoms with Crippen molar-refractivity contribution >= 4 is 5.69 Å². The van der Waals surface area contributed by atoms with Gasteiger partial charge in [-0.2, -0.15) is 0 Å². The van der Waals surface area contributed by atoms with Gasteiger partial charge in [0.05, 0.1) is 18.5 Å². The van der Waals surface area contributed by atoms with E-state index in [2.05, 4.69) is 22.4 Å². The van der Waals surface area contributed by atoms with Crippen molar-refractivity contribution in [2.24, 2.45) is 0 Å². The van der Waals surface area contributed by atoms with Crippen molar-refractivity contribution in [3.63, 3.8) is 0 Å². The molecule has 1 fully saturated rings. The summed E-state index contributed by atoms with van der Waals surface area (Å²) in [6, 6.07) is 2.33. The quantitative estimate of drug-likeness (QED) is 0.919. The smallest absolute Gasteiger partial charge is 0.143 e. The highest BCUT2D eigenvalue weighted by atomic mass is 16.5. The number of benzene rings is 1. The van der Waals surface area contributed by atoms with Gasteiger partial charge in [0, 0.05) is 6.54 Å². The molecule has 1 saturated carbocycles. The van der Waals surface area contributed by atoms with Crippen LogP contribution in [0.5, 0.6) is 5.75 Å². The number of allylic oxidation sites excluding steroid dienone is 2. The van der Waals surface area contributed by atoms with E-state index in [1.165, 1.54) is 29.7 Å². The zero-order valence-corrected chi connectivity index (χ0v) is 14.7. The Balaban J connectivity index is 1.58. The Morgan fingerprint density at radius 1 is 1.20 bits per heavy atom. The summed E-state index contributed by atoms with van der Waals surface area (Å²) in [5.41, 5.74) is 7.44. The maximum absolute atomic E-state index is 6.14. The van der Waals surface area contributed by atoms with E-state index in [0.717, 1.165) is 57.3 Å². The standard InChI is InChI=1S/C21H26N2O2/c1-2-15(14-24-10-1)13-23-9-11-25-19-12-17-5-7-22-8-6-18(17)20(21(19)23)16-3-4-16/h1-2,10,12,16,22H,3-9,11,13-14H2. The van der Waals surface area contributed by atoms with Gasteiger partial charge in [-0.3, -0.25) is 0 Å². The highest BCUT2D eigenvalue weighted by Gasteiger charge is 2.35. The summed E-state index contributed by atoms with van der Waals surface area (Å²) in [4.78, 5) is 2.54. The third kappa shape index (κ3) is 2.93. The van der Waals surface area contributed by atoms with Crippen LogP contribution in [-0.4, -0.2) is 39.4 Å². The largest absolute Gasteiger partial charge is 0.497 e. The molecule has 0 bridgehead atoms. The lowest BCUT2D eigenvalue weighted by Gasteiger charge is -2.36. The van der Waals surface area contributed by atoms with Crippen LogP contribution >= 0.6 is 0 Å². The Bertz CT molecular complexity index is 734. The van der Waals surface area contributed by atoms with Crippen LogP contribution in [0.3, 0.4) is 0 Å². The van der Waals surface area contributed by atoms with Crippen molar-refractivity contribution in [1.29, 1.82) is 0 Å². The molecule has 0 radical (unpaired) electrons. The van der Waals surface area contributed by atoms with Gasteiger partial charge in [-0.1, -0.05) is 6.08 Å². The van der Waals surface area contributed by atoms with Crippen molar-refractivity contribution in [3.8, 4) is 5.75 Å². The Morgan fingerprint density at radius 2 is 2.12 bits per heavy atom. The fraction of sp³-hybridized carbons (Fsp3) is 0.524. The van der Waals surface area contributed by atoms with Crippen molar-refractivity contribution in [2.75, 3.05) is 44.3 Å². The molecule has 1 aliphatic carbocycles. The normalized spacial score (nSPS) is 22.2. The van der Waals surface area contributed by atoms with E-state index in [1.54, 1.807) is 17.4 Å². The molecule has 1 aromatic carbocycles. The minimum Gasteiger partial charge on any atom is -0.497 e. The van der Waals surface area contributed by atoms with Crippen LogP contribution in [0.1, 0.15) is 35.4 Å². The molecule has 1 N–H and O–H groups in total. The number of nitrogens with zero attached hydrogens (tertiary/aromatic N) is 1. The van der Waals surface area contributed by atoms with Gasteiger partial charge in [-0.05, 0) is 79.1 Å². The molecular weight excluding hydrogens is 312 g/mol. The van der Waals surface area contributed by atoms with E-state index < -0.39 is 0 Å². The molecule has 0 amide bonds. The molecule has 132 valence electrons. The number of rotatable bonds is 3. The first-order valence-electron chi connectivity index (χ1n) is 9.63. The Morgan fingerprint density at radius 3 is 2.96 bits per heavy atom. The van der Waals surface area contributed by atoms with E-state index >= 15 is 0 Å². The van der Waals surface area contributed by atoms with Crippen LogP contribution in [0.25, 0.3) is 0 Å². The van der Waals surface area contributed by atoms with Crippen molar-refractivity contribution in [2.45, 2.75) is 31.6 Å². The van der Waals surface area contributed by atoms with Crippen LogP contribution in [0.4, 0.5) is 5.69 Å². The summed E-state index contributed by atoms with van der Waals surface area (Å²) in [7, 11) is 0. The Hall–Kier alpha value is -1.94. The van der Waals surface area contributed by atoms with Crippen LogP contribution in [-0.2, 0) is 17.6 Å². The van der Waals surface area contributed by atoms with Gasteiger partial charge < -0.3 is 19.7 Å². The lowest BCUT2D eigenvalue weighted by atomic mass is 9.91. The van der Waals surface area contributed by atoms with Crippen LogP contribution in [0.2, 0.25) is 0 Å². The molecule has 4 nitrogen and oxygen atoms in total. The molecule has 1 aromatic rings. The monoisotopic (exact) mass is 338 g/mol. The molecule has 0 saturated heterocycles. The molecule has 0 unspecified atom stereocenters. The minimum absolute atomic E-state index is 0.705. The molecule has 4 heteroatoms. The maximum atomic E-state index is 6.14. The highest BCUT2D eigenvalue weighted by Crippen LogP contribution is 2.51. The summed E-state index contributed by atoms with van der Waals surface area (Å²) < 4.78 is 11.6. The number of hydrogen-bond donors (Lipinski definition) is 1. The number of ether oxygens (including phenoxy) is 2. The first-order chi connectivity index (χ1) is 12.4. The van der Waals surface area contributed by atoms with Gasteiger partial charge in [0.2, 0.25) is 0 Å². The zero-order valence-electron chi connectivity index (χ0n) is 14.7. The van der Waals surface area contributed by atoms with Gasteiger partial charge in [0.1, 0.15) is 19.0 Å². The fourth-order valence-corrected chi connectivity index (χ4v) is 4.40. The summed E-state index contributed by atoms with van der Waals surface area (Å²) in [5.74, 6) is 1.85. The van der Waals surface area contributed by atoms with E-state index in [4.69, 9.17) is 9.47 Å². The first kappa shape index (κ1) is 15.3. The Labute approximate surface area is 149 Å². The molecule has 4 aliphatic rings. The molecular formula is C21H26N2O2. The summed E-state index contributed by atoms with van der Waals surface area (Å²) in [6.45, 7) is 5.56. The van der Waals surface area contributed by atoms with Crippen molar-refractivity contribution < 1.29 is 9.47 Å². The van der Waals surface area contributed by atoms with Crippen LogP contribution in [0.15, 0.2) is 30.1 Å². The molecule has 0 atom stereocenters. The second-order valence-electron chi connectivity index (χ2n) is 7.53. The Kier molecular flexibility index (Phi) is 3.93. The van der Waals surface area contributed by atoms with E-state index in [9.17, 15) is 0 Å². The number of fused-ring (bicyclic) bond motifs is 2. The number of nitrogens with one attached hydrogen (secondary N) is 1. The minimum atomic E-state index is 0.705. The zero-order chi connectivity index (χ0) is 16.6. The second-order valence-corrected chi connectivity index (χ2v) is 7.53. The van der Waals surface area contributed by atoms with Crippen LogP contribution in [0, 0.1) is 0 Å². The van der Waals surface area contributed by atoms with Crippen molar-refractivity contribution in [3.05, 3.63) is 46.7 Å². The average molecular weight is 338 g/mol. The third-order valence-electron chi connectivity index (χ3n) is 5.72. The highest BCUT2D eigenvalue weighted by molar-refractivity contribution is 5.71. The van der Waals surface area contributed by atoms with E-state index in [0.29, 0.717) is 6.61 Å². The summed E-state index contributed by atoms with van der Waals surface area (Å²) >= 11 is 0. The fourth-order valence-electron chi connectivity index (χ4n) is 4.40. The van der Waals surface area contributed by atoms with Gasteiger partial charge in [-0.25, -0.2) is 0 Å². The van der Waals surface area contributed by atoms with Gasteiger partial charge >= 0.3 is 0 Å². The topological polar surface area (TPSA) is 33.7 Å². The molecule has 3 aliphatic heterocycles. The van der Waals surface area contributed by atoms with E-state index in [-0.39, 0.29) is 0 Å². The van der Waals surface area contributed by atoms with Crippen LogP contribution < -0.4 is 15.0 Å². The van der Waals surface area contributed by atoms with E-state index in [1.807, 2.05) is 6.08 Å². The average Bonchev–Trinajstić information content (AvgIpc) is 3.48. The third-order valence-corrected chi connectivity index (χ3v) is 5.72. The molecule has 3 heterocycles. The number of anilines is 1. The van der Waals surface area contributed by atoms with Gasteiger partial charge in [0.25, 0.3) is 0 Å². The SMILES string of the molecule is C1=COCC(CN2CCOc3cc4c(c(C5CC5)c32)CCNCC4)=C1. The second kappa shape index (κ2) is 6.41. The molecule has 25 heavy (non-hydrogen) atoms. The lowest BCUT2D eigenvalue weighted by Crippen LogP contribution is -2.36. The molecule has 0 spiro atoms. The van der Waals surface area contributed by atoms with Gasteiger partial charge in [0.15, 0.2) is 0 Å².